The molecule has 1 N–H and O–H groups in total. The summed E-state index contributed by atoms with van der Waals surface area (Å²) in [6.45, 7) is 4.42. The molecule has 0 bridgehead atoms. The molecule has 1 fully saturated rings. The van der Waals surface area contributed by atoms with Crippen molar-refractivity contribution in [2.24, 2.45) is 5.41 Å². The second-order valence-corrected chi connectivity index (χ2v) is 5.04. The van der Waals surface area contributed by atoms with Crippen molar-refractivity contribution in [2.75, 3.05) is 11.9 Å². The molecule has 1 aromatic rings. The quantitative estimate of drug-likeness (QED) is 0.647. The van der Waals surface area contributed by atoms with E-state index in [2.05, 4.69) is 12.2 Å². The molecular formula is C12H15FN2O2. The van der Waals surface area contributed by atoms with Gasteiger partial charge in [-0.2, -0.15) is 0 Å². The van der Waals surface area contributed by atoms with Crippen LogP contribution in [-0.4, -0.2) is 11.5 Å². The highest BCUT2D eigenvalue weighted by molar-refractivity contribution is 5.63. The monoisotopic (exact) mass is 238 g/mol. The number of nitro groups is 1. The lowest BCUT2D eigenvalue weighted by Crippen LogP contribution is -2.13. The molecule has 1 aliphatic carbocycles. The number of rotatable bonds is 4. The highest BCUT2D eigenvalue weighted by atomic mass is 19.1. The van der Waals surface area contributed by atoms with E-state index in [1.807, 2.05) is 0 Å². The van der Waals surface area contributed by atoms with Crippen molar-refractivity contribution < 1.29 is 9.31 Å². The third kappa shape index (κ3) is 2.54. The molecule has 0 atom stereocenters. The van der Waals surface area contributed by atoms with Crippen LogP contribution in [0.3, 0.4) is 0 Å². The molecule has 1 aromatic carbocycles. The van der Waals surface area contributed by atoms with E-state index in [0.29, 0.717) is 17.8 Å². The fourth-order valence-corrected chi connectivity index (χ4v) is 1.66. The summed E-state index contributed by atoms with van der Waals surface area (Å²) >= 11 is 0. The average Bonchev–Trinajstić information content (AvgIpc) is 2.98. The van der Waals surface area contributed by atoms with Gasteiger partial charge < -0.3 is 5.32 Å². The van der Waals surface area contributed by atoms with Crippen LogP contribution in [0, 0.1) is 28.3 Å². The predicted molar refractivity (Wildman–Crippen MR) is 63.6 cm³/mol. The molecule has 0 aliphatic heterocycles. The first kappa shape index (κ1) is 11.8. The van der Waals surface area contributed by atoms with Gasteiger partial charge in [-0.05, 0) is 36.8 Å². The van der Waals surface area contributed by atoms with Crippen LogP contribution in [0.1, 0.15) is 25.3 Å². The van der Waals surface area contributed by atoms with Gasteiger partial charge in [-0.15, -0.1) is 0 Å². The Balaban J connectivity index is 2.24. The minimum atomic E-state index is -0.555. The van der Waals surface area contributed by atoms with Crippen molar-refractivity contribution in [1.29, 1.82) is 0 Å². The molecule has 0 amide bonds. The summed E-state index contributed by atoms with van der Waals surface area (Å²) in [5.74, 6) is -0.542. The Bertz CT molecular complexity index is 470. The van der Waals surface area contributed by atoms with E-state index in [1.54, 1.807) is 6.92 Å². The summed E-state index contributed by atoms with van der Waals surface area (Å²) in [5, 5.41) is 13.9. The summed E-state index contributed by atoms with van der Waals surface area (Å²) in [4.78, 5) is 10.3. The van der Waals surface area contributed by atoms with Gasteiger partial charge in [0.05, 0.1) is 11.0 Å². The third-order valence-electron chi connectivity index (χ3n) is 3.28. The lowest BCUT2D eigenvalue weighted by Gasteiger charge is -2.12. The highest BCUT2D eigenvalue weighted by Gasteiger charge is 2.37. The Labute approximate surface area is 99.0 Å². The van der Waals surface area contributed by atoms with Crippen molar-refractivity contribution in [2.45, 2.75) is 26.7 Å². The summed E-state index contributed by atoms with van der Waals surface area (Å²) < 4.78 is 13.3. The number of hydrogen-bond donors (Lipinski definition) is 1. The van der Waals surface area contributed by atoms with Gasteiger partial charge in [-0.1, -0.05) is 6.92 Å². The fourth-order valence-electron chi connectivity index (χ4n) is 1.66. The first-order valence-electron chi connectivity index (χ1n) is 5.60. The maximum Gasteiger partial charge on any atom is 0.295 e. The second-order valence-electron chi connectivity index (χ2n) is 5.04. The number of hydrogen-bond acceptors (Lipinski definition) is 3. The standard InChI is InChI=1S/C12H15FN2O2/c1-8-5-10(14-7-12(2)3-4-12)11(15(16)17)6-9(8)13/h5-6,14H,3-4,7H2,1-2H3. The maximum atomic E-state index is 13.3. The van der Waals surface area contributed by atoms with E-state index in [4.69, 9.17) is 0 Å². The third-order valence-corrected chi connectivity index (χ3v) is 3.28. The molecule has 2 rings (SSSR count). The first-order chi connectivity index (χ1) is 7.91. The number of nitro benzene ring substituents is 1. The number of anilines is 1. The van der Waals surface area contributed by atoms with Crippen molar-refractivity contribution >= 4 is 11.4 Å². The molecule has 0 radical (unpaired) electrons. The zero-order valence-electron chi connectivity index (χ0n) is 9.92. The lowest BCUT2D eigenvalue weighted by molar-refractivity contribution is -0.384. The maximum absolute atomic E-state index is 13.3. The number of halogens is 1. The Hall–Kier alpha value is -1.65. The second kappa shape index (κ2) is 3.98. The SMILES string of the molecule is Cc1cc(NCC2(C)CC2)c([N+](=O)[O-])cc1F. The molecule has 0 aromatic heterocycles. The first-order valence-corrected chi connectivity index (χ1v) is 5.60. The van der Waals surface area contributed by atoms with Crippen molar-refractivity contribution in [3.63, 3.8) is 0 Å². The molecule has 17 heavy (non-hydrogen) atoms. The summed E-state index contributed by atoms with van der Waals surface area (Å²) in [6.07, 6.45) is 2.27. The normalized spacial score (nSPS) is 16.6. The van der Waals surface area contributed by atoms with E-state index < -0.39 is 10.7 Å². The summed E-state index contributed by atoms with van der Waals surface area (Å²) in [6, 6.07) is 2.48. The Morgan fingerprint density at radius 2 is 2.18 bits per heavy atom. The van der Waals surface area contributed by atoms with Gasteiger partial charge >= 0.3 is 0 Å². The van der Waals surface area contributed by atoms with Gasteiger partial charge in [0.2, 0.25) is 0 Å². The molecule has 0 heterocycles. The van der Waals surface area contributed by atoms with E-state index in [-0.39, 0.29) is 11.1 Å². The van der Waals surface area contributed by atoms with Crippen LogP contribution in [0.4, 0.5) is 15.8 Å². The van der Waals surface area contributed by atoms with Crippen molar-refractivity contribution in [3.05, 3.63) is 33.6 Å². The topological polar surface area (TPSA) is 55.2 Å². The molecular weight excluding hydrogens is 223 g/mol. The minimum absolute atomic E-state index is 0.197. The largest absolute Gasteiger partial charge is 0.379 e. The van der Waals surface area contributed by atoms with Crippen LogP contribution in [0.15, 0.2) is 12.1 Å². The average molecular weight is 238 g/mol. The zero-order valence-corrected chi connectivity index (χ0v) is 9.92. The van der Waals surface area contributed by atoms with Gasteiger partial charge in [0, 0.05) is 6.54 Å². The van der Waals surface area contributed by atoms with E-state index >= 15 is 0 Å². The van der Waals surface area contributed by atoms with Crippen LogP contribution in [-0.2, 0) is 0 Å². The van der Waals surface area contributed by atoms with Crippen molar-refractivity contribution in [3.8, 4) is 0 Å². The molecule has 0 unspecified atom stereocenters. The molecule has 1 saturated carbocycles. The van der Waals surface area contributed by atoms with Crippen LogP contribution in [0.5, 0.6) is 0 Å². The van der Waals surface area contributed by atoms with Crippen LogP contribution in [0.2, 0.25) is 0 Å². The smallest absolute Gasteiger partial charge is 0.295 e. The van der Waals surface area contributed by atoms with Gasteiger partial charge in [-0.3, -0.25) is 10.1 Å². The Morgan fingerprint density at radius 3 is 2.71 bits per heavy atom. The van der Waals surface area contributed by atoms with Gasteiger partial charge in [-0.25, -0.2) is 4.39 Å². The van der Waals surface area contributed by atoms with Crippen LogP contribution >= 0.6 is 0 Å². The van der Waals surface area contributed by atoms with Crippen molar-refractivity contribution in [1.82, 2.24) is 0 Å². The Kier molecular flexibility index (Phi) is 2.77. The van der Waals surface area contributed by atoms with E-state index in [1.165, 1.54) is 6.07 Å². The lowest BCUT2D eigenvalue weighted by atomic mass is 10.1. The molecule has 0 saturated heterocycles. The molecule has 4 nitrogen and oxygen atoms in total. The summed E-state index contributed by atoms with van der Waals surface area (Å²) in [7, 11) is 0. The molecule has 1 aliphatic rings. The molecule has 5 heteroatoms. The van der Waals surface area contributed by atoms with E-state index in [9.17, 15) is 14.5 Å². The zero-order chi connectivity index (χ0) is 12.6. The van der Waals surface area contributed by atoms with Crippen LogP contribution in [0.25, 0.3) is 0 Å². The van der Waals surface area contributed by atoms with E-state index in [0.717, 1.165) is 18.9 Å². The predicted octanol–water partition coefficient (Wildman–Crippen LogP) is 3.25. The molecule has 0 spiro atoms. The summed E-state index contributed by atoms with van der Waals surface area (Å²) in [5.41, 5.74) is 0.870. The van der Waals surface area contributed by atoms with Gasteiger partial charge in [0.1, 0.15) is 11.5 Å². The number of benzene rings is 1. The van der Waals surface area contributed by atoms with Gasteiger partial charge in [0.25, 0.3) is 5.69 Å². The van der Waals surface area contributed by atoms with Gasteiger partial charge in [0.15, 0.2) is 0 Å². The minimum Gasteiger partial charge on any atom is -0.379 e. The number of nitrogens with zero attached hydrogens (tertiary/aromatic N) is 1. The van der Waals surface area contributed by atoms with Crippen LogP contribution < -0.4 is 5.32 Å². The molecule has 92 valence electrons. The number of nitrogens with one attached hydrogen (secondary N) is 1. The Morgan fingerprint density at radius 1 is 1.53 bits per heavy atom. The fraction of sp³-hybridized carbons (Fsp3) is 0.500. The highest BCUT2D eigenvalue weighted by Crippen LogP contribution is 2.45. The number of aryl methyl sites for hydroxylation is 1.